The van der Waals surface area contributed by atoms with Crippen LogP contribution >= 0.6 is 0 Å². The Balaban J connectivity index is 1.38. The van der Waals surface area contributed by atoms with Crippen LogP contribution in [0.5, 0.6) is 5.75 Å². The zero-order valence-electron chi connectivity index (χ0n) is 20.4. The summed E-state index contributed by atoms with van der Waals surface area (Å²) in [6.07, 6.45) is 7.71. The van der Waals surface area contributed by atoms with Gasteiger partial charge in [-0.2, -0.15) is 10.2 Å². The van der Waals surface area contributed by atoms with Crippen LogP contribution in [0.15, 0.2) is 36.7 Å². The van der Waals surface area contributed by atoms with Crippen LogP contribution in [0.2, 0.25) is 0 Å². The van der Waals surface area contributed by atoms with Gasteiger partial charge in [-0.3, -0.25) is 19.0 Å². The highest BCUT2D eigenvalue weighted by molar-refractivity contribution is 6.01. The smallest absolute Gasteiger partial charge is 0.270 e. The number of aromatic hydroxyl groups is 1. The first-order valence-electron chi connectivity index (χ1n) is 12.3. The molecule has 2 aliphatic carbocycles. The van der Waals surface area contributed by atoms with Crippen molar-refractivity contribution < 1.29 is 14.7 Å². The molecule has 2 heterocycles. The number of nitrogens with zero attached hydrogens (tertiary/aromatic N) is 4. The lowest BCUT2D eigenvalue weighted by atomic mass is 9.88. The van der Waals surface area contributed by atoms with Crippen molar-refractivity contribution >= 4 is 17.5 Å². The predicted octanol–water partition coefficient (Wildman–Crippen LogP) is 3.49. The van der Waals surface area contributed by atoms with Crippen molar-refractivity contribution in [1.29, 1.82) is 0 Å². The van der Waals surface area contributed by atoms with Crippen LogP contribution in [0.1, 0.15) is 48.7 Å². The second kappa shape index (κ2) is 9.20. The molecule has 0 bridgehead atoms. The molecule has 2 fully saturated rings. The molecular weight excluding hydrogens is 444 g/mol. The van der Waals surface area contributed by atoms with Gasteiger partial charge in [-0.25, -0.2) is 0 Å². The zero-order valence-corrected chi connectivity index (χ0v) is 20.4. The van der Waals surface area contributed by atoms with Gasteiger partial charge in [0, 0.05) is 37.1 Å². The molecule has 2 aliphatic rings. The minimum Gasteiger partial charge on any atom is -0.507 e. The van der Waals surface area contributed by atoms with Crippen LogP contribution in [0.4, 0.5) is 5.69 Å². The monoisotopic (exact) mass is 476 g/mol. The molecule has 1 unspecified atom stereocenters. The van der Waals surface area contributed by atoms with Gasteiger partial charge in [0.05, 0.1) is 11.9 Å². The van der Waals surface area contributed by atoms with Crippen molar-refractivity contribution in [3.63, 3.8) is 0 Å². The van der Waals surface area contributed by atoms with E-state index in [0.29, 0.717) is 35.3 Å². The summed E-state index contributed by atoms with van der Waals surface area (Å²) in [6, 6.07) is 6.13. The molecule has 2 saturated carbocycles. The number of rotatable bonds is 9. The maximum absolute atomic E-state index is 13.6. The highest BCUT2D eigenvalue weighted by Crippen LogP contribution is 2.51. The quantitative estimate of drug-likeness (QED) is 0.437. The average molecular weight is 477 g/mol. The third kappa shape index (κ3) is 4.67. The van der Waals surface area contributed by atoms with Gasteiger partial charge in [-0.05, 0) is 81.0 Å². The molecule has 2 amide bonds. The first kappa shape index (κ1) is 23.1. The number of phenols is 1. The minimum absolute atomic E-state index is 0.0582. The van der Waals surface area contributed by atoms with E-state index in [0.717, 1.165) is 36.9 Å². The van der Waals surface area contributed by atoms with Gasteiger partial charge in [0.1, 0.15) is 17.5 Å². The predicted molar refractivity (Wildman–Crippen MR) is 132 cm³/mol. The van der Waals surface area contributed by atoms with E-state index >= 15 is 0 Å². The minimum atomic E-state index is -0.649. The second-order valence-electron chi connectivity index (χ2n) is 9.76. The molecule has 0 aliphatic heterocycles. The van der Waals surface area contributed by atoms with Crippen molar-refractivity contribution in [3.05, 3.63) is 47.9 Å². The van der Waals surface area contributed by atoms with Crippen molar-refractivity contribution in [2.24, 2.45) is 24.8 Å². The number of aryl methyl sites for hydroxylation is 3. The Morgan fingerprint density at radius 3 is 2.43 bits per heavy atom. The molecular formula is C26H32N6O3. The number of phenolic OH excluding ortho intramolecular Hbond substituents is 1. The van der Waals surface area contributed by atoms with Crippen LogP contribution < -0.4 is 10.6 Å². The molecule has 0 radical (unpaired) electrons. The summed E-state index contributed by atoms with van der Waals surface area (Å²) in [6.45, 7) is 4.43. The zero-order chi connectivity index (χ0) is 24.7. The fourth-order valence-electron chi connectivity index (χ4n) is 5.18. The van der Waals surface area contributed by atoms with Crippen molar-refractivity contribution in [1.82, 2.24) is 24.9 Å². The van der Waals surface area contributed by atoms with Gasteiger partial charge in [-0.15, -0.1) is 0 Å². The van der Waals surface area contributed by atoms with Gasteiger partial charge in [0.15, 0.2) is 0 Å². The average Bonchev–Trinajstić information content (AvgIpc) is 3.76. The van der Waals surface area contributed by atoms with Crippen molar-refractivity contribution in [2.75, 3.05) is 5.32 Å². The number of carbonyl (C=O) groups excluding carboxylic acids is 2. The first-order chi connectivity index (χ1) is 16.9. The Morgan fingerprint density at radius 1 is 1.14 bits per heavy atom. The van der Waals surface area contributed by atoms with Crippen molar-refractivity contribution in [3.8, 4) is 17.0 Å². The van der Waals surface area contributed by atoms with E-state index in [1.165, 1.54) is 0 Å². The van der Waals surface area contributed by atoms with E-state index in [2.05, 4.69) is 20.8 Å². The third-order valence-corrected chi connectivity index (χ3v) is 7.18. The lowest BCUT2D eigenvalue weighted by Gasteiger charge is -2.27. The number of benzene rings is 1. The Bertz CT molecular complexity index is 1220. The molecule has 2 aromatic heterocycles. The Labute approximate surface area is 204 Å². The van der Waals surface area contributed by atoms with Crippen LogP contribution in [0, 0.1) is 24.7 Å². The number of hydrogen-bond donors (Lipinski definition) is 3. The normalized spacial score (nSPS) is 16.3. The number of hydrogen-bond acceptors (Lipinski definition) is 5. The Kier molecular flexibility index (Phi) is 6.08. The standard InChI is InChI=1S/C26H32N6O3/c1-4-32-20(11-12-27-32)25(34)30-23(22(16-5-6-16)17-7-8-17)26(35)29-18-9-10-19(21(33)13-18)24-15(2)14-28-31(24)3/h9-14,16-17,22-23,33H,4-8H2,1-3H3,(H,29,35)(H,30,34). The topological polar surface area (TPSA) is 114 Å². The van der Waals surface area contributed by atoms with Crippen LogP contribution in [-0.4, -0.2) is 42.5 Å². The summed E-state index contributed by atoms with van der Waals surface area (Å²) in [4.78, 5) is 26.7. The van der Waals surface area contributed by atoms with E-state index in [4.69, 9.17) is 0 Å². The first-order valence-corrected chi connectivity index (χ1v) is 12.3. The van der Waals surface area contributed by atoms with E-state index in [-0.39, 0.29) is 23.5 Å². The van der Waals surface area contributed by atoms with E-state index < -0.39 is 6.04 Å². The summed E-state index contributed by atoms with van der Waals surface area (Å²) in [5.41, 5.74) is 3.35. The summed E-state index contributed by atoms with van der Waals surface area (Å²) >= 11 is 0. The Morgan fingerprint density at radius 2 is 1.86 bits per heavy atom. The maximum atomic E-state index is 13.6. The third-order valence-electron chi connectivity index (χ3n) is 7.18. The summed E-state index contributed by atoms with van der Waals surface area (Å²) in [5.74, 6) is 0.537. The number of carbonyl (C=O) groups is 2. The molecule has 1 aromatic carbocycles. The fraction of sp³-hybridized carbons (Fsp3) is 0.462. The molecule has 184 valence electrons. The highest BCUT2D eigenvalue weighted by atomic mass is 16.3. The maximum Gasteiger partial charge on any atom is 0.270 e. The highest BCUT2D eigenvalue weighted by Gasteiger charge is 2.48. The van der Waals surface area contributed by atoms with Gasteiger partial charge >= 0.3 is 0 Å². The number of anilines is 1. The second-order valence-corrected chi connectivity index (χ2v) is 9.76. The number of aromatic nitrogens is 4. The molecule has 0 spiro atoms. The van der Waals surface area contributed by atoms with E-state index in [1.54, 1.807) is 46.0 Å². The SMILES string of the molecule is CCn1nccc1C(=O)NC(C(=O)Nc1ccc(-c2c(C)cnn2C)c(O)c1)C(C1CC1)C1CC1. The summed E-state index contributed by atoms with van der Waals surface area (Å²) in [5, 5.41) is 25.1. The van der Waals surface area contributed by atoms with E-state index in [9.17, 15) is 14.7 Å². The van der Waals surface area contributed by atoms with Crippen LogP contribution in [-0.2, 0) is 18.4 Å². The van der Waals surface area contributed by atoms with Gasteiger partial charge in [0.2, 0.25) is 5.91 Å². The molecule has 35 heavy (non-hydrogen) atoms. The van der Waals surface area contributed by atoms with Crippen LogP contribution in [0.25, 0.3) is 11.3 Å². The van der Waals surface area contributed by atoms with Gasteiger partial charge < -0.3 is 15.7 Å². The Hall–Kier alpha value is -3.62. The summed E-state index contributed by atoms with van der Waals surface area (Å²) < 4.78 is 3.34. The lowest BCUT2D eigenvalue weighted by Crippen LogP contribution is -2.50. The molecule has 3 aromatic rings. The summed E-state index contributed by atoms with van der Waals surface area (Å²) in [7, 11) is 1.82. The van der Waals surface area contributed by atoms with E-state index in [1.807, 2.05) is 20.9 Å². The van der Waals surface area contributed by atoms with Crippen LogP contribution in [0.3, 0.4) is 0 Å². The molecule has 9 heteroatoms. The van der Waals surface area contributed by atoms with Crippen molar-refractivity contribution in [2.45, 2.75) is 52.1 Å². The number of amides is 2. The molecule has 9 nitrogen and oxygen atoms in total. The van der Waals surface area contributed by atoms with Gasteiger partial charge in [-0.1, -0.05) is 0 Å². The fourth-order valence-corrected chi connectivity index (χ4v) is 5.18. The molecule has 0 saturated heterocycles. The largest absolute Gasteiger partial charge is 0.507 e. The molecule has 3 N–H and O–H groups in total. The van der Waals surface area contributed by atoms with Gasteiger partial charge in [0.25, 0.3) is 5.91 Å². The number of nitrogens with one attached hydrogen (secondary N) is 2. The molecule has 5 rings (SSSR count). The molecule has 1 atom stereocenters. The lowest BCUT2D eigenvalue weighted by molar-refractivity contribution is -0.119.